The number of nitrogens with zero attached hydrogens (tertiary/aromatic N) is 3. The Morgan fingerprint density at radius 3 is 2.50 bits per heavy atom. The third kappa shape index (κ3) is 3.09. The van der Waals surface area contributed by atoms with E-state index in [-0.39, 0.29) is 0 Å². The van der Waals surface area contributed by atoms with Gasteiger partial charge in [0.15, 0.2) is 11.5 Å². The van der Waals surface area contributed by atoms with Crippen molar-refractivity contribution in [1.29, 1.82) is 0 Å². The summed E-state index contributed by atoms with van der Waals surface area (Å²) >= 11 is 1.72. The zero-order valence-corrected chi connectivity index (χ0v) is 16.2. The first-order valence-corrected chi connectivity index (χ1v) is 9.88. The number of benzene rings is 1. The average Bonchev–Trinajstić information content (AvgIpc) is 3.02. The largest absolute Gasteiger partial charge is 0.490 e. The lowest BCUT2D eigenvalue weighted by molar-refractivity contribution is 0.287. The second-order valence-corrected chi connectivity index (χ2v) is 7.61. The van der Waals surface area contributed by atoms with Crippen LogP contribution < -0.4 is 14.4 Å². The molecule has 0 spiro atoms. The highest BCUT2D eigenvalue weighted by atomic mass is 32.1. The van der Waals surface area contributed by atoms with Gasteiger partial charge in [-0.2, -0.15) is 0 Å². The second-order valence-electron chi connectivity index (χ2n) is 6.38. The number of aryl methyl sites for hydroxylation is 1. The Hall–Kier alpha value is -2.34. The maximum Gasteiger partial charge on any atom is 0.161 e. The van der Waals surface area contributed by atoms with E-state index in [0.717, 1.165) is 47.0 Å². The van der Waals surface area contributed by atoms with Gasteiger partial charge in [0.1, 0.15) is 17.0 Å². The van der Waals surface area contributed by atoms with Crippen molar-refractivity contribution in [1.82, 2.24) is 9.97 Å². The molecule has 1 aliphatic rings. The summed E-state index contributed by atoms with van der Waals surface area (Å²) in [5.74, 6) is 2.70. The van der Waals surface area contributed by atoms with Crippen molar-refractivity contribution in [2.45, 2.75) is 33.7 Å². The number of hydrogen-bond acceptors (Lipinski definition) is 6. The lowest BCUT2D eigenvalue weighted by Gasteiger charge is -2.31. The summed E-state index contributed by atoms with van der Waals surface area (Å²) in [6.07, 6.45) is 2.64. The Labute approximate surface area is 157 Å². The molecule has 0 N–H and O–H groups in total. The molecule has 0 unspecified atom stereocenters. The minimum Gasteiger partial charge on any atom is -0.490 e. The van der Waals surface area contributed by atoms with Gasteiger partial charge in [0.05, 0.1) is 18.6 Å². The van der Waals surface area contributed by atoms with E-state index in [1.165, 1.54) is 16.0 Å². The third-order valence-corrected chi connectivity index (χ3v) is 5.57. The number of rotatable bonds is 5. The summed E-state index contributed by atoms with van der Waals surface area (Å²) in [5.41, 5.74) is 2.61. The maximum absolute atomic E-state index is 5.80. The van der Waals surface area contributed by atoms with Gasteiger partial charge in [-0.25, -0.2) is 9.97 Å². The molecule has 1 aromatic carbocycles. The third-order valence-electron chi connectivity index (χ3n) is 4.61. The van der Waals surface area contributed by atoms with E-state index >= 15 is 0 Å². The van der Waals surface area contributed by atoms with Gasteiger partial charge in [-0.15, -0.1) is 11.3 Å². The van der Waals surface area contributed by atoms with Crippen LogP contribution in [0.2, 0.25) is 0 Å². The van der Waals surface area contributed by atoms with Crippen LogP contribution in [-0.2, 0) is 13.0 Å². The molecule has 136 valence electrons. The first-order valence-electron chi connectivity index (χ1n) is 9.07. The van der Waals surface area contributed by atoms with Gasteiger partial charge in [0.25, 0.3) is 0 Å². The fourth-order valence-corrected chi connectivity index (χ4v) is 4.34. The van der Waals surface area contributed by atoms with Crippen LogP contribution in [0.4, 0.5) is 5.82 Å². The SMILES string of the molecule is CCOc1cc2c(cc1OCC)CN(c1ncnc3sc(C)cc13)CC2. The van der Waals surface area contributed by atoms with Crippen molar-refractivity contribution < 1.29 is 9.47 Å². The molecular weight excluding hydrogens is 346 g/mol. The molecule has 2 aromatic heterocycles. The Bertz CT molecular complexity index is 938. The fourth-order valence-electron chi connectivity index (χ4n) is 3.50. The number of hydrogen-bond donors (Lipinski definition) is 0. The molecule has 4 rings (SSSR count). The molecule has 0 fully saturated rings. The first kappa shape index (κ1) is 17.1. The number of fused-ring (bicyclic) bond motifs is 2. The molecule has 0 atom stereocenters. The standard InChI is InChI=1S/C20H23N3O2S/c1-4-24-17-9-14-6-7-23(11-15(14)10-18(17)25-5-2)19-16-8-13(3)26-20(16)22-12-21-19/h8-10,12H,4-7,11H2,1-3H3. The zero-order chi connectivity index (χ0) is 18.1. The van der Waals surface area contributed by atoms with Crippen LogP contribution >= 0.6 is 11.3 Å². The zero-order valence-electron chi connectivity index (χ0n) is 15.4. The molecule has 0 saturated carbocycles. The molecule has 0 amide bonds. The maximum atomic E-state index is 5.80. The van der Waals surface area contributed by atoms with Crippen LogP contribution in [0, 0.1) is 6.92 Å². The van der Waals surface area contributed by atoms with Crippen LogP contribution in [0.25, 0.3) is 10.2 Å². The van der Waals surface area contributed by atoms with Crippen LogP contribution in [-0.4, -0.2) is 29.7 Å². The topological polar surface area (TPSA) is 47.5 Å². The van der Waals surface area contributed by atoms with E-state index in [4.69, 9.17) is 9.47 Å². The summed E-state index contributed by atoms with van der Waals surface area (Å²) in [6.45, 7) is 9.14. The van der Waals surface area contributed by atoms with E-state index in [0.29, 0.717) is 13.2 Å². The molecular formula is C20H23N3O2S. The molecule has 0 bridgehead atoms. The molecule has 6 heteroatoms. The van der Waals surface area contributed by atoms with Gasteiger partial charge in [0.2, 0.25) is 0 Å². The molecule has 3 aromatic rings. The second kappa shape index (κ2) is 7.11. The van der Waals surface area contributed by atoms with E-state index < -0.39 is 0 Å². The monoisotopic (exact) mass is 369 g/mol. The highest BCUT2D eigenvalue weighted by Gasteiger charge is 2.22. The van der Waals surface area contributed by atoms with Gasteiger partial charge in [-0.05, 0) is 56.5 Å². The average molecular weight is 369 g/mol. The van der Waals surface area contributed by atoms with Crippen LogP contribution in [0.3, 0.4) is 0 Å². The van der Waals surface area contributed by atoms with E-state index in [1.54, 1.807) is 17.7 Å². The smallest absolute Gasteiger partial charge is 0.161 e. The van der Waals surface area contributed by atoms with Gasteiger partial charge < -0.3 is 14.4 Å². The minimum atomic E-state index is 0.628. The molecule has 26 heavy (non-hydrogen) atoms. The number of ether oxygens (including phenoxy) is 2. The van der Waals surface area contributed by atoms with E-state index in [9.17, 15) is 0 Å². The van der Waals surface area contributed by atoms with Crippen molar-refractivity contribution in [3.63, 3.8) is 0 Å². The first-order chi connectivity index (χ1) is 12.7. The van der Waals surface area contributed by atoms with Gasteiger partial charge in [0, 0.05) is 18.0 Å². The predicted octanol–water partition coefficient (Wildman–Crippen LogP) is 4.36. The molecule has 5 nitrogen and oxygen atoms in total. The minimum absolute atomic E-state index is 0.628. The number of thiophene rings is 1. The summed E-state index contributed by atoms with van der Waals surface area (Å²) in [4.78, 5) is 13.7. The Morgan fingerprint density at radius 1 is 1.04 bits per heavy atom. The predicted molar refractivity (Wildman–Crippen MR) is 106 cm³/mol. The van der Waals surface area contributed by atoms with Crippen LogP contribution in [0.1, 0.15) is 29.9 Å². The highest BCUT2D eigenvalue weighted by molar-refractivity contribution is 7.18. The summed E-state index contributed by atoms with van der Waals surface area (Å²) < 4.78 is 11.6. The molecule has 3 heterocycles. The lowest BCUT2D eigenvalue weighted by Crippen LogP contribution is -2.31. The van der Waals surface area contributed by atoms with Crippen LogP contribution in [0.15, 0.2) is 24.5 Å². The Morgan fingerprint density at radius 2 is 1.77 bits per heavy atom. The molecule has 0 saturated heterocycles. The van der Waals surface area contributed by atoms with Crippen molar-refractivity contribution in [3.05, 3.63) is 40.5 Å². The van der Waals surface area contributed by atoms with E-state index in [1.807, 2.05) is 13.8 Å². The van der Waals surface area contributed by atoms with Crippen LogP contribution in [0.5, 0.6) is 11.5 Å². The van der Waals surface area contributed by atoms with Gasteiger partial charge >= 0.3 is 0 Å². The van der Waals surface area contributed by atoms with Crippen molar-refractivity contribution in [2.75, 3.05) is 24.7 Å². The quantitative estimate of drug-likeness (QED) is 0.669. The van der Waals surface area contributed by atoms with Gasteiger partial charge in [-0.3, -0.25) is 0 Å². The molecule has 0 radical (unpaired) electrons. The Kier molecular flexibility index (Phi) is 4.68. The Balaban J connectivity index is 1.69. The number of aromatic nitrogens is 2. The highest BCUT2D eigenvalue weighted by Crippen LogP contribution is 2.36. The molecule has 1 aliphatic heterocycles. The van der Waals surface area contributed by atoms with Gasteiger partial charge in [-0.1, -0.05) is 0 Å². The van der Waals surface area contributed by atoms with Crippen molar-refractivity contribution >= 4 is 27.4 Å². The lowest BCUT2D eigenvalue weighted by atomic mass is 9.98. The normalized spacial score (nSPS) is 13.7. The summed E-state index contributed by atoms with van der Waals surface area (Å²) in [7, 11) is 0. The van der Waals surface area contributed by atoms with Crippen molar-refractivity contribution in [3.8, 4) is 11.5 Å². The fraction of sp³-hybridized carbons (Fsp3) is 0.400. The molecule has 0 aliphatic carbocycles. The number of anilines is 1. The summed E-state index contributed by atoms with van der Waals surface area (Å²) in [5, 5.41) is 1.15. The van der Waals surface area contributed by atoms with E-state index in [2.05, 4.69) is 40.0 Å². The van der Waals surface area contributed by atoms with Crippen molar-refractivity contribution in [2.24, 2.45) is 0 Å². The summed E-state index contributed by atoms with van der Waals surface area (Å²) in [6, 6.07) is 6.47.